The minimum Gasteiger partial charge on any atom is -0.372 e. The van der Waals surface area contributed by atoms with Crippen LogP contribution in [0.4, 0.5) is 5.82 Å². The van der Waals surface area contributed by atoms with E-state index in [1.54, 1.807) is 32.4 Å². The van der Waals surface area contributed by atoms with Gasteiger partial charge in [0, 0.05) is 26.3 Å². The molecule has 0 spiro atoms. The Hall–Kier alpha value is -1.14. The lowest BCUT2D eigenvalue weighted by Crippen LogP contribution is -2.42. The first kappa shape index (κ1) is 15.3. The van der Waals surface area contributed by atoms with Gasteiger partial charge in [-0.1, -0.05) is 19.8 Å². The molecule has 1 heterocycles. The highest BCUT2D eigenvalue weighted by molar-refractivity contribution is 7.89. The Kier molecular flexibility index (Phi) is 4.65. The van der Waals surface area contributed by atoms with E-state index in [9.17, 15) is 8.42 Å². The number of pyridine rings is 1. The monoisotopic (exact) mass is 297 g/mol. The maximum absolute atomic E-state index is 12.8. The van der Waals surface area contributed by atoms with E-state index in [0.29, 0.717) is 11.7 Å². The van der Waals surface area contributed by atoms with Gasteiger partial charge in [0.05, 0.1) is 0 Å². The van der Waals surface area contributed by atoms with Crippen LogP contribution in [0.1, 0.15) is 32.6 Å². The number of nitrogens with one attached hydrogen (secondary N) is 1. The Morgan fingerprint density at radius 1 is 1.35 bits per heavy atom. The SMILES string of the molecule is CNc1ncccc1S(=O)(=O)N(C)C1CCCCC1C. The minimum absolute atomic E-state index is 0.0821. The normalized spacial score (nSPS) is 23.8. The predicted octanol–water partition coefficient (Wildman–Crippen LogP) is 2.32. The molecule has 0 aliphatic heterocycles. The van der Waals surface area contributed by atoms with Crippen molar-refractivity contribution in [2.45, 2.75) is 43.5 Å². The van der Waals surface area contributed by atoms with Crippen LogP contribution in [-0.4, -0.2) is 37.8 Å². The van der Waals surface area contributed by atoms with Gasteiger partial charge in [0.15, 0.2) is 0 Å². The second kappa shape index (κ2) is 6.10. The lowest BCUT2D eigenvalue weighted by atomic mass is 9.86. The van der Waals surface area contributed by atoms with Crippen LogP contribution in [-0.2, 0) is 10.0 Å². The van der Waals surface area contributed by atoms with Crippen LogP contribution in [0.25, 0.3) is 0 Å². The smallest absolute Gasteiger partial charge is 0.246 e. The molecule has 0 radical (unpaired) electrons. The van der Waals surface area contributed by atoms with Crippen LogP contribution in [0.15, 0.2) is 23.2 Å². The molecular formula is C14H23N3O2S. The second-order valence-corrected chi connectivity index (χ2v) is 7.42. The zero-order valence-corrected chi connectivity index (χ0v) is 13.2. The van der Waals surface area contributed by atoms with Gasteiger partial charge in [-0.3, -0.25) is 0 Å². The first-order valence-electron chi connectivity index (χ1n) is 7.09. The molecular weight excluding hydrogens is 274 g/mol. The van der Waals surface area contributed by atoms with Crippen molar-refractivity contribution in [3.8, 4) is 0 Å². The third-order valence-corrected chi connectivity index (χ3v) is 6.11. The van der Waals surface area contributed by atoms with Crippen molar-refractivity contribution in [1.82, 2.24) is 9.29 Å². The van der Waals surface area contributed by atoms with Gasteiger partial charge in [0.2, 0.25) is 10.0 Å². The first-order chi connectivity index (χ1) is 9.48. The van der Waals surface area contributed by atoms with Gasteiger partial charge >= 0.3 is 0 Å². The van der Waals surface area contributed by atoms with Gasteiger partial charge < -0.3 is 5.32 Å². The molecule has 1 aliphatic rings. The summed E-state index contributed by atoms with van der Waals surface area (Å²) >= 11 is 0. The maximum Gasteiger partial charge on any atom is 0.246 e. The summed E-state index contributed by atoms with van der Waals surface area (Å²) in [6.45, 7) is 2.14. The lowest BCUT2D eigenvalue weighted by Gasteiger charge is -2.35. The van der Waals surface area contributed by atoms with Gasteiger partial charge in [-0.25, -0.2) is 13.4 Å². The first-order valence-corrected chi connectivity index (χ1v) is 8.53. The molecule has 1 N–H and O–H groups in total. The quantitative estimate of drug-likeness (QED) is 0.926. The summed E-state index contributed by atoms with van der Waals surface area (Å²) in [5, 5.41) is 2.85. The van der Waals surface area contributed by atoms with Crippen molar-refractivity contribution in [2.24, 2.45) is 5.92 Å². The molecule has 0 bridgehead atoms. The highest BCUT2D eigenvalue weighted by atomic mass is 32.2. The van der Waals surface area contributed by atoms with Crippen LogP contribution >= 0.6 is 0 Å². The summed E-state index contributed by atoms with van der Waals surface area (Å²) in [5.74, 6) is 0.807. The van der Waals surface area contributed by atoms with Crippen LogP contribution in [0, 0.1) is 5.92 Å². The van der Waals surface area contributed by atoms with E-state index in [1.165, 1.54) is 10.7 Å². The molecule has 20 heavy (non-hydrogen) atoms. The van der Waals surface area contributed by atoms with Crippen molar-refractivity contribution in [2.75, 3.05) is 19.4 Å². The average Bonchev–Trinajstić information content (AvgIpc) is 2.47. The van der Waals surface area contributed by atoms with Crippen LogP contribution in [0.2, 0.25) is 0 Å². The van der Waals surface area contributed by atoms with Gasteiger partial charge in [-0.2, -0.15) is 4.31 Å². The highest BCUT2D eigenvalue weighted by Gasteiger charge is 2.34. The van der Waals surface area contributed by atoms with Crippen LogP contribution in [0.5, 0.6) is 0 Å². The molecule has 1 saturated carbocycles. The lowest BCUT2D eigenvalue weighted by molar-refractivity contribution is 0.213. The van der Waals surface area contributed by atoms with Crippen molar-refractivity contribution in [3.05, 3.63) is 18.3 Å². The maximum atomic E-state index is 12.8. The van der Waals surface area contributed by atoms with Crippen molar-refractivity contribution in [1.29, 1.82) is 0 Å². The Balaban J connectivity index is 2.34. The van der Waals surface area contributed by atoms with Crippen LogP contribution < -0.4 is 5.32 Å². The highest BCUT2D eigenvalue weighted by Crippen LogP contribution is 2.31. The summed E-state index contributed by atoms with van der Waals surface area (Å²) in [7, 11) is -0.132. The molecule has 1 aromatic rings. The van der Waals surface area contributed by atoms with Crippen molar-refractivity contribution >= 4 is 15.8 Å². The summed E-state index contributed by atoms with van der Waals surface area (Å²) < 4.78 is 27.1. The largest absolute Gasteiger partial charge is 0.372 e. The number of rotatable bonds is 4. The molecule has 1 fully saturated rings. The second-order valence-electron chi connectivity index (χ2n) is 5.45. The molecule has 0 amide bonds. The van der Waals surface area contributed by atoms with Crippen molar-refractivity contribution < 1.29 is 8.42 Å². The van der Waals surface area contributed by atoms with E-state index in [0.717, 1.165) is 19.3 Å². The molecule has 6 heteroatoms. The molecule has 2 unspecified atom stereocenters. The Labute approximate surface area is 121 Å². The number of hydrogen-bond acceptors (Lipinski definition) is 4. The van der Waals surface area contributed by atoms with E-state index in [4.69, 9.17) is 0 Å². The van der Waals surface area contributed by atoms with Crippen LogP contribution in [0.3, 0.4) is 0 Å². The zero-order valence-electron chi connectivity index (χ0n) is 12.3. The third kappa shape index (κ3) is 2.81. The Morgan fingerprint density at radius 3 is 2.70 bits per heavy atom. The fourth-order valence-electron chi connectivity index (χ4n) is 2.96. The topological polar surface area (TPSA) is 62.3 Å². The molecule has 2 atom stereocenters. The Bertz CT molecular complexity index is 559. The number of sulfonamides is 1. The zero-order chi connectivity index (χ0) is 14.8. The number of aromatic nitrogens is 1. The molecule has 0 saturated heterocycles. The molecule has 1 aliphatic carbocycles. The molecule has 112 valence electrons. The van der Waals surface area contributed by atoms with Gasteiger partial charge in [0.1, 0.15) is 10.7 Å². The van der Waals surface area contributed by atoms with Gasteiger partial charge in [-0.05, 0) is 30.9 Å². The predicted molar refractivity (Wildman–Crippen MR) is 80.2 cm³/mol. The van der Waals surface area contributed by atoms with Gasteiger partial charge in [-0.15, -0.1) is 0 Å². The van der Waals surface area contributed by atoms with E-state index >= 15 is 0 Å². The fraction of sp³-hybridized carbons (Fsp3) is 0.643. The van der Waals surface area contributed by atoms with E-state index < -0.39 is 10.0 Å². The van der Waals surface area contributed by atoms with E-state index in [2.05, 4.69) is 17.2 Å². The van der Waals surface area contributed by atoms with E-state index in [1.807, 2.05) is 0 Å². The summed E-state index contributed by atoms with van der Waals surface area (Å²) in [4.78, 5) is 4.35. The standard InChI is InChI=1S/C14H23N3O2S/c1-11-7-4-5-8-12(11)17(3)20(18,19)13-9-6-10-16-14(13)15-2/h6,9-12H,4-5,7-8H2,1-3H3,(H,15,16). The molecule has 5 nitrogen and oxygen atoms in total. The third-order valence-electron chi connectivity index (χ3n) is 4.20. The molecule has 0 aromatic carbocycles. The summed E-state index contributed by atoms with van der Waals surface area (Å²) in [6.07, 6.45) is 5.91. The number of nitrogens with zero attached hydrogens (tertiary/aromatic N) is 2. The number of hydrogen-bond donors (Lipinski definition) is 1. The Morgan fingerprint density at radius 2 is 2.05 bits per heavy atom. The summed E-state index contributed by atoms with van der Waals surface area (Å²) in [5.41, 5.74) is 0. The van der Waals surface area contributed by atoms with E-state index in [-0.39, 0.29) is 10.9 Å². The fourth-order valence-corrected chi connectivity index (χ4v) is 4.59. The van der Waals surface area contributed by atoms with Crippen molar-refractivity contribution in [3.63, 3.8) is 0 Å². The number of anilines is 1. The average molecular weight is 297 g/mol. The summed E-state index contributed by atoms with van der Waals surface area (Å²) in [6, 6.07) is 3.35. The molecule has 2 rings (SSSR count). The minimum atomic E-state index is -3.51. The molecule has 1 aromatic heterocycles. The van der Waals surface area contributed by atoms with Gasteiger partial charge in [0.25, 0.3) is 0 Å².